The molecule has 0 aliphatic rings. The maximum Gasteiger partial charge on any atom is 0.253 e. The van der Waals surface area contributed by atoms with E-state index in [-0.39, 0.29) is 17.7 Å². The Balaban J connectivity index is 2.74. The van der Waals surface area contributed by atoms with E-state index in [1.807, 2.05) is 0 Å². The SMILES string of the molecule is CNC(=O)C(C)CN(C)C(=O)c1ccc(C(N)=S)cc1. The zero-order valence-corrected chi connectivity index (χ0v) is 12.7. The summed E-state index contributed by atoms with van der Waals surface area (Å²) in [7, 11) is 3.25. The predicted octanol–water partition coefficient (Wildman–Crippen LogP) is 0.775. The lowest BCUT2D eigenvalue weighted by atomic mass is 10.1. The summed E-state index contributed by atoms with van der Waals surface area (Å²) >= 11 is 4.86. The smallest absolute Gasteiger partial charge is 0.253 e. The second-order valence-electron chi connectivity index (χ2n) is 4.64. The van der Waals surface area contributed by atoms with Gasteiger partial charge in [-0.1, -0.05) is 31.3 Å². The first kappa shape index (κ1) is 16.1. The van der Waals surface area contributed by atoms with Crippen LogP contribution in [0.1, 0.15) is 22.8 Å². The summed E-state index contributed by atoms with van der Waals surface area (Å²) in [6.07, 6.45) is 0. The second kappa shape index (κ2) is 7.00. The summed E-state index contributed by atoms with van der Waals surface area (Å²) in [5.41, 5.74) is 6.76. The van der Waals surface area contributed by atoms with Gasteiger partial charge in [0.1, 0.15) is 4.99 Å². The molecule has 1 atom stereocenters. The number of nitrogens with zero attached hydrogens (tertiary/aromatic N) is 1. The summed E-state index contributed by atoms with van der Waals surface area (Å²) in [4.78, 5) is 25.5. The Bertz CT molecular complexity index is 514. The molecule has 1 rings (SSSR count). The summed E-state index contributed by atoms with van der Waals surface area (Å²) in [6, 6.07) is 6.78. The lowest BCUT2D eigenvalue weighted by molar-refractivity contribution is -0.124. The van der Waals surface area contributed by atoms with Gasteiger partial charge in [0.15, 0.2) is 0 Å². The predicted molar refractivity (Wildman–Crippen MR) is 82.5 cm³/mol. The molecule has 1 aromatic carbocycles. The fraction of sp³-hybridized carbons (Fsp3) is 0.357. The van der Waals surface area contributed by atoms with Gasteiger partial charge in [-0.15, -0.1) is 0 Å². The first-order valence-electron chi connectivity index (χ1n) is 6.23. The average molecular weight is 293 g/mol. The number of amides is 2. The molecule has 0 spiro atoms. The van der Waals surface area contributed by atoms with Gasteiger partial charge in [0.2, 0.25) is 5.91 Å². The van der Waals surface area contributed by atoms with Gasteiger partial charge in [0, 0.05) is 31.8 Å². The highest BCUT2D eigenvalue weighted by Gasteiger charge is 2.18. The van der Waals surface area contributed by atoms with Gasteiger partial charge >= 0.3 is 0 Å². The first-order valence-corrected chi connectivity index (χ1v) is 6.64. The van der Waals surface area contributed by atoms with Gasteiger partial charge in [0.25, 0.3) is 5.91 Å². The number of nitrogens with one attached hydrogen (secondary N) is 1. The van der Waals surface area contributed by atoms with E-state index in [1.54, 1.807) is 45.3 Å². The van der Waals surface area contributed by atoms with Gasteiger partial charge in [-0.05, 0) is 12.1 Å². The van der Waals surface area contributed by atoms with Gasteiger partial charge in [-0.25, -0.2) is 0 Å². The summed E-state index contributed by atoms with van der Waals surface area (Å²) in [5, 5.41) is 2.56. The third kappa shape index (κ3) is 4.03. The molecule has 0 aromatic heterocycles. The Morgan fingerprint density at radius 1 is 1.30 bits per heavy atom. The highest BCUT2D eigenvalue weighted by Crippen LogP contribution is 2.09. The number of nitrogens with two attached hydrogens (primary N) is 1. The highest BCUT2D eigenvalue weighted by atomic mass is 32.1. The van der Waals surface area contributed by atoms with Crippen molar-refractivity contribution in [2.45, 2.75) is 6.92 Å². The van der Waals surface area contributed by atoms with Crippen LogP contribution in [0.3, 0.4) is 0 Å². The molecule has 108 valence electrons. The Morgan fingerprint density at radius 2 is 1.80 bits per heavy atom. The molecule has 0 fully saturated rings. The van der Waals surface area contributed by atoms with Gasteiger partial charge in [-0.3, -0.25) is 9.59 Å². The van der Waals surface area contributed by atoms with Gasteiger partial charge < -0.3 is 16.0 Å². The Morgan fingerprint density at radius 3 is 2.25 bits per heavy atom. The minimum Gasteiger partial charge on any atom is -0.389 e. The van der Waals surface area contributed by atoms with E-state index < -0.39 is 0 Å². The highest BCUT2D eigenvalue weighted by molar-refractivity contribution is 7.80. The Kier molecular flexibility index (Phi) is 5.64. The van der Waals surface area contributed by atoms with Crippen molar-refractivity contribution in [1.82, 2.24) is 10.2 Å². The normalized spacial score (nSPS) is 11.6. The number of carbonyl (C=O) groups is 2. The van der Waals surface area contributed by atoms with Crippen LogP contribution in [0, 0.1) is 5.92 Å². The average Bonchev–Trinajstić information content (AvgIpc) is 2.45. The molecular weight excluding hydrogens is 274 g/mol. The molecule has 0 saturated heterocycles. The van der Waals surface area contributed by atoms with Gasteiger partial charge in [0.05, 0.1) is 5.92 Å². The van der Waals surface area contributed by atoms with Gasteiger partial charge in [-0.2, -0.15) is 0 Å². The number of thiocarbonyl (C=S) groups is 1. The van der Waals surface area contributed by atoms with E-state index in [0.29, 0.717) is 17.1 Å². The van der Waals surface area contributed by atoms with Crippen molar-refractivity contribution < 1.29 is 9.59 Å². The van der Waals surface area contributed by atoms with Crippen molar-refractivity contribution in [2.75, 3.05) is 20.6 Å². The standard InChI is InChI=1S/C14H19N3O2S/c1-9(13(18)16-2)8-17(3)14(19)11-6-4-10(5-7-11)12(15)20/h4-7,9H,8H2,1-3H3,(H2,15,20)(H,16,18). The van der Waals surface area contributed by atoms with Crippen LogP contribution in [0.25, 0.3) is 0 Å². The van der Waals surface area contributed by atoms with Crippen LogP contribution in [-0.4, -0.2) is 42.3 Å². The molecule has 5 nitrogen and oxygen atoms in total. The maximum atomic E-state index is 12.2. The molecule has 0 aliphatic carbocycles. The number of hydrogen-bond acceptors (Lipinski definition) is 3. The zero-order valence-electron chi connectivity index (χ0n) is 11.8. The van der Waals surface area contributed by atoms with Crippen LogP contribution in [0.2, 0.25) is 0 Å². The lowest BCUT2D eigenvalue weighted by Gasteiger charge is -2.20. The monoisotopic (exact) mass is 293 g/mol. The van der Waals surface area contributed by atoms with Crippen molar-refractivity contribution in [3.8, 4) is 0 Å². The molecule has 2 amide bonds. The molecule has 0 bridgehead atoms. The fourth-order valence-corrected chi connectivity index (χ4v) is 1.96. The van der Waals surface area contributed by atoms with Crippen LogP contribution in [0.4, 0.5) is 0 Å². The number of benzene rings is 1. The zero-order chi connectivity index (χ0) is 15.3. The second-order valence-corrected chi connectivity index (χ2v) is 5.08. The van der Waals surface area contributed by atoms with E-state index in [1.165, 1.54) is 4.90 Å². The van der Waals surface area contributed by atoms with Crippen molar-refractivity contribution >= 4 is 29.0 Å². The van der Waals surface area contributed by atoms with E-state index >= 15 is 0 Å². The van der Waals surface area contributed by atoms with E-state index in [2.05, 4.69) is 5.32 Å². The maximum absolute atomic E-state index is 12.2. The van der Waals surface area contributed by atoms with Crippen LogP contribution < -0.4 is 11.1 Å². The van der Waals surface area contributed by atoms with Crippen molar-refractivity contribution in [3.05, 3.63) is 35.4 Å². The van der Waals surface area contributed by atoms with Crippen LogP contribution >= 0.6 is 12.2 Å². The minimum atomic E-state index is -0.259. The van der Waals surface area contributed by atoms with Crippen molar-refractivity contribution in [2.24, 2.45) is 11.7 Å². The first-order chi connectivity index (χ1) is 9.36. The van der Waals surface area contributed by atoms with Crippen LogP contribution in [-0.2, 0) is 4.79 Å². The topological polar surface area (TPSA) is 75.4 Å². The molecule has 20 heavy (non-hydrogen) atoms. The van der Waals surface area contributed by atoms with Crippen LogP contribution in [0.5, 0.6) is 0 Å². The molecule has 0 aliphatic heterocycles. The number of rotatable bonds is 5. The summed E-state index contributed by atoms with van der Waals surface area (Å²) in [5.74, 6) is -0.492. The third-order valence-electron chi connectivity index (χ3n) is 3.00. The molecule has 3 N–H and O–H groups in total. The third-order valence-corrected chi connectivity index (χ3v) is 3.24. The summed E-state index contributed by atoms with van der Waals surface area (Å²) in [6.45, 7) is 2.13. The molecule has 1 aromatic rings. The summed E-state index contributed by atoms with van der Waals surface area (Å²) < 4.78 is 0. The minimum absolute atomic E-state index is 0.0894. The molecular formula is C14H19N3O2S. The fourth-order valence-electron chi connectivity index (χ4n) is 1.82. The number of carbonyl (C=O) groups excluding carboxylic acids is 2. The van der Waals surface area contributed by atoms with Crippen LogP contribution in [0.15, 0.2) is 24.3 Å². The van der Waals surface area contributed by atoms with E-state index in [0.717, 1.165) is 5.56 Å². The van der Waals surface area contributed by atoms with Crippen molar-refractivity contribution in [1.29, 1.82) is 0 Å². The van der Waals surface area contributed by atoms with E-state index in [4.69, 9.17) is 18.0 Å². The van der Waals surface area contributed by atoms with Crippen molar-refractivity contribution in [3.63, 3.8) is 0 Å². The largest absolute Gasteiger partial charge is 0.389 e. The molecule has 0 heterocycles. The molecule has 0 radical (unpaired) electrons. The molecule has 0 saturated carbocycles. The van der Waals surface area contributed by atoms with E-state index in [9.17, 15) is 9.59 Å². The lowest BCUT2D eigenvalue weighted by Crippen LogP contribution is -2.37. The number of hydrogen-bond donors (Lipinski definition) is 2. The Labute approximate surface area is 124 Å². The Hall–Kier alpha value is -1.95. The molecule has 6 heteroatoms. The molecule has 1 unspecified atom stereocenters. The quantitative estimate of drug-likeness (QED) is 0.787.